The van der Waals surface area contributed by atoms with Crippen LogP contribution in [0.2, 0.25) is 0 Å². The Kier molecular flexibility index (Phi) is 6.72. The number of benzene rings is 1. The molecule has 0 saturated carbocycles. The topological polar surface area (TPSA) is 88.0 Å². The van der Waals surface area contributed by atoms with Gasteiger partial charge in [-0.15, -0.1) is 0 Å². The van der Waals surface area contributed by atoms with Crippen molar-refractivity contribution in [2.45, 2.75) is 19.0 Å². The van der Waals surface area contributed by atoms with Gasteiger partial charge < -0.3 is 9.80 Å². The second-order valence-corrected chi connectivity index (χ2v) is 11.2. The molecule has 33 heavy (non-hydrogen) atoms. The van der Waals surface area contributed by atoms with Gasteiger partial charge in [-0.1, -0.05) is 0 Å². The van der Waals surface area contributed by atoms with Crippen LogP contribution in [0, 0.1) is 22.7 Å². The van der Waals surface area contributed by atoms with Crippen molar-refractivity contribution in [3.05, 3.63) is 29.3 Å². The molecular formula is C21H28F3N5O3S. The van der Waals surface area contributed by atoms with Crippen LogP contribution in [0.5, 0.6) is 0 Å². The monoisotopic (exact) mass is 487 g/mol. The Morgan fingerprint density at radius 2 is 1.79 bits per heavy atom. The quantitative estimate of drug-likeness (QED) is 0.648. The lowest BCUT2D eigenvalue weighted by atomic mass is 9.70. The van der Waals surface area contributed by atoms with Gasteiger partial charge in [0.2, 0.25) is 5.91 Å². The molecule has 0 aromatic heterocycles. The molecule has 0 radical (unpaired) electrons. The van der Waals surface area contributed by atoms with Gasteiger partial charge in [0.05, 0.1) is 23.1 Å². The van der Waals surface area contributed by atoms with Crippen LogP contribution in [0.1, 0.15) is 24.0 Å². The normalized spacial score (nSPS) is 21.4. The molecule has 2 aliphatic heterocycles. The van der Waals surface area contributed by atoms with E-state index in [0.717, 1.165) is 10.4 Å². The number of nitrogens with zero attached hydrogens (tertiary/aromatic N) is 5. The maximum Gasteiger partial charge on any atom is 0.417 e. The summed E-state index contributed by atoms with van der Waals surface area (Å²) in [5, 5.41) is 9.02. The molecule has 1 unspecified atom stereocenters. The van der Waals surface area contributed by atoms with Crippen molar-refractivity contribution in [1.29, 1.82) is 5.26 Å². The van der Waals surface area contributed by atoms with E-state index in [1.807, 2.05) is 0 Å². The number of rotatable bonds is 4. The minimum atomic E-state index is -4.65. The lowest BCUT2D eigenvalue weighted by molar-refractivity contribution is -0.138. The van der Waals surface area contributed by atoms with Crippen LogP contribution >= 0.6 is 0 Å². The van der Waals surface area contributed by atoms with Gasteiger partial charge in [0.25, 0.3) is 10.2 Å². The highest BCUT2D eigenvalue weighted by atomic mass is 32.2. The van der Waals surface area contributed by atoms with Crippen LogP contribution in [0.3, 0.4) is 0 Å². The smallest absolute Gasteiger partial charge is 0.371 e. The Morgan fingerprint density at radius 3 is 2.27 bits per heavy atom. The molecule has 1 amide bonds. The minimum Gasteiger partial charge on any atom is -0.371 e. The first kappa shape index (κ1) is 25.3. The Balaban J connectivity index is 1.88. The minimum absolute atomic E-state index is 0.0760. The Bertz CT molecular complexity index is 1060. The lowest BCUT2D eigenvalue weighted by Gasteiger charge is -2.43. The highest BCUT2D eigenvalue weighted by molar-refractivity contribution is 7.86. The second-order valence-electron chi connectivity index (χ2n) is 9.06. The Morgan fingerprint density at radius 1 is 1.18 bits per heavy atom. The fourth-order valence-electron chi connectivity index (χ4n) is 4.76. The Hall–Kier alpha value is -2.36. The molecule has 2 heterocycles. The van der Waals surface area contributed by atoms with Crippen LogP contribution in [-0.2, 0) is 21.2 Å². The number of carbonyl (C=O) groups is 1. The maximum absolute atomic E-state index is 13.4. The summed E-state index contributed by atoms with van der Waals surface area (Å²) >= 11 is 0. The van der Waals surface area contributed by atoms with E-state index in [-0.39, 0.29) is 19.0 Å². The first-order valence-corrected chi connectivity index (χ1v) is 11.9. The van der Waals surface area contributed by atoms with Crippen molar-refractivity contribution in [3.8, 4) is 6.07 Å². The van der Waals surface area contributed by atoms with Gasteiger partial charge in [-0.2, -0.15) is 35.5 Å². The fourth-order valence-corrected chi connectivity index (χ4v) is 5.98. The number of piperidine rings is 1. The molecule has 0 N–H and O–H groups in total. The number of halogens is 3. The lowest BCUT2D eigenvalue weighted by Crippen LogP contribution is -2.48. The summed E-state index contributed by atoms with van der Waals surface area (Å²) in [6.45, 7) is 1.01. The summed E-state index contributed by atoms with van der Waals surface area (Å²) < 4.78 is 68.1. The number of nitriles is 1. The molecule has 3 rings (SSSR count). The number of hydrogen-bond donors (Lipinski definition) is 0. The van der Waals surface area contributed by atoms with Gasteiger partial charge in [0.15, 0.2) is 0 Å². The van der Waals surface area contributed by atoms with Crippen molar-refractivity contribution in [1.82, 2.24) is 13.5 Å². The molecule has 2 saturated heterocycles. The van der Waals surface area contributed by atoms with Crippen molar-refractivity contribution in [2.24, 2.45) is 11.3 Å². The van der Waals surface area contributed by atoms with Crippen molar-refractivity contribution in [2.75, 3.05) is 59.3 Å². The highest BCUT2D eigenvalue weighted by Gasteiger charge is 2.54. The third kappa shape index (κ3) is 4.67. The molecule has 182 valence electrons. The van der Waals surface area contributed by atoms with Gasteiger partial charge in [0.1, 0.15) is 0 Å². The number of carbonyl (C=O) groups excluding carboxylic acids is 1. The summed E-state index contributed by atoms with van der Waals surface area (Å²) in [4.78, 5) is 16.2. The number of hydrogen-bond acceptors (Lipinski definition) is 5. The average molecular weight is 488 g/mol. The van der Waals surface area contributed by atoms with Crippen LogP contribution in [0.4, 0.5) is 18.9 Å². The summed E-state index contributed by atoms with van der Waals surface area (Å²) in [6, 6.07) is 5.22. The van der Waals surface area contributed by atoms with E-state index >= 15 is 0 Å². The largest absolute Gasteiger partial charge is 0.417 e. The molecule has 2 aliphatic rings. The first-order chi connectivity index (χ1) is 15.2. The molecule has 0 bridgehead atoms. The molecule has 1 aromatic rings. The standard InChI is InChI=1S/C21H28F3N5O3S/c1-26(2)19(30)18-13-29(33(31,32)27(3)4)14-20(18)7-9-28(10-8-20)16-6-5-15(12-25)17(11-16)21(22,23)24/h5-6,11,18H,7-10,13-14H2,1-4H3. The van der Waals surface area contributed by atoms with Gasteiger partial charge in [0, 0.05) is 65.5 Å². The second kappa shape index (κ2) is 8.77. The molecule has 12 heteroatoms. The summed E-state index contributed by atoms with van der Waals surface area (Å²) in [6.07, 6.45) is -3.73. The third-order valence-corrected chi connectivity index (χ3v) is 8.55. The molecule has 1 aromatic carbocycles. The fraction of sp³-hybridized carbons (Fsp3) is 0.619. The van der Waals surface area contributed by atoms with E-state index in [2.05, 4.69) is 0 Å². The molecule has 8 nitrogen and oxygen atoms in total. The number of anilines is 1. The molecule has 1 spiro atoms. The van der Waals surface area contributed by atoms with Gasteiger partial charge in [-0.25, -0.2) is 0 Å². The average Bonchev–Trinajstić information content (AvgIpc) is 3.11. The molecule has 0 aliphatic carbocycles. The predicted molar refractivity (Wildman–Crippen MR) is 116 cm³/mol. The molecule has 1 atom stereocenters. The van der Waals surface area contributed by atoms with Gasteiger partial charge in [-0.3, -0.25) is 4.79 Å². The van der Waals surface area contributed by atoms with Gasteiger partial charge >= 0.3 is 6.18 Å². The highest BCUT2D eigenvalue weighted by Crippen LogP contribution is 2.47. The van der Waals surface area contributed by atoms with E-state index in [4.69, 9.17) is 5.26 Å². The van der Waals surface area contributed by atoms with Crippen LogP contribution in [-0.4, -0.2) is 82.2 Å². The summed E-state index contributed by atoms with van der Waals surface area (Å²) in [7, 11) is 2.42. The van der Waals surface area contributed by atoms with E-state index in [1.54, 1.807) is 25.1 Å². The molecule has 2 fully saturated rings. The third-order valence-electron chi connectivity index (χ3n) is 6.70. The van der Waals surface area contributed by atoms with E-state index in [0.29, 0.717) is 31.6 Å². The first-order valence-electron chi connectivity index (χ1n) is 10.5. The summed E-state index contributed by atoms with van der Waals surface area (Å²) in [5.41, 5.74) is -1.66. The number of alkyl halides is 3. The van der Waals surface area contributed by atoms with E-state index < -0.39 is 38.8 Å². The zero-order chi connectivity index (χ0) is 24.8. The van der Waals surface area contributed by atoms with Crippen molar-refractivity contribution >= 4 is 21.8 Å². The maximum atomic E-state index is 13.4. The molecular weight excluding hydrogens is 459 g/mol. The van der Waals surface area contributed by atoms with Crippen LogP contribution in [0.25, 0.3) is 0 Å². The number of amides is 1. The van der Waals surface area contributed by atoms with Crippen molar-refractivity contribution in [3.63, 3.8) is 0 Å². The Labute approximate surface area is 192 Å². The zero-order valence-electron chi connectivity index (χ0n) is 19.1. The van der Waals surface area contributed by atoms with Crippen LogP contribution in [0.15, 0.2) is 18.2 Å². The van der Waals surface area contributed by atoms with E-state index in [9.17, 15) is 26.4 Å². The van der Waals surface area contributed by atoms with Gasteiger partial charge in [-0.05, 0) is 31.0 Å². The summed E-state index contributed by atoms with van der Waals surface area (Å²) in [5.74, 6) is -0.686. The predicted octanol–water partition coefficient (Wildman–Crippen LogP) is 1.99. The SMILES string of the molecule is CN(C)C(=O)C1CN(S(=O)(=O)N(C)C)CC12CCN(c1ccc(C#N)c(C(F)(F)F)c1)CC2. The van der Waals surface area contributed by atoms with Crippen LogP contribution < -0.4 is 4.90 Å². The van der Waals surface area contributed by atoms with E-state index in [1.165, 1.54) is 35.4 Å². The van der Waals surface area contributed by atoms with Crippen molar-refractivity contribution < 1.29 is 26.4 Å². The zero-order valence-corrected chi connectivity index (χ0v) is 19.9.